The smallest absolute Gasteiger partial charge is 0.279 e. The summed E-state index contributed by atoms with van der Waals surface area (Å²) in [5, 5.41) is 5.36. The Kier molecular flexibility index (Phi) is 3.84. The van der Waals surface area contributed by atoms with E-state index in [1.54, 1.807) is 4.68 Å². The van der Waals surface area contributed by atoms with Gasteiger partial charge in [0.25, 0.3) is 0 Å². The Morgan fingerprint density at radius 3 is 2.94 bits per heavy atom. The Morgan fingerprint density at radius 1 is 1.50 bits per heavy atom. The molecule has 16 heavy (non-hydrogen) atoms. The maximum absolute atomic E-state index is 12.0. The lowest BCUT2D eigenvalue weighted by Gasteiger charge is -2.09. The fourth-order valence-electron chi connectivity index (χ4n) is 2.10. The van der Waals surface area contributed by atoms with Gasteiger partial charge in [-0.15, -0.1) is 0 Å². The monoisotopic (exact) mass is 287 g/mol. The van der Waals surface area contributed by atoms with Crippen LogP contribution in [0.4, 0.5) is 0 Å². The van der Waals surface area contributed by atoms with Gasteiger partial charge in [0.15, 0.2) is 0 Å². The second-order valence-corrected chi connectivity index (χ2v) is 5.07. The van der Waals surface area contributed by atoms with Gasteiger partial charge < -0.3 is 0 Å². The van der Waals surface area contributed by atoms with Crippen LogP contribution < -0.4 is 5.69 Å². The SMILES string of the molecule is CCC(CBr)Cn1nc2n(c1=O)CCCC2. The van der Waals surface area contributed by atoms with Crippen molar-refractivity contribution in [3.63, 3.8) is 0 Å². The number of rotatable bonds is 4. The average Bonchev–Trinajstić information content (AvgIpc) is 2.64. The number of aromatic nitrogens is 3. The maximum atomic E-state index is 12.0. The minimum absolute atomic E-state index is 0.0779. The molecule has 4 nitrogen and oxygen atoms in total. The molecule has 1 aromatic heterocycles. The molecule has 1 aromatic rings. The van der Waals surface area contributed by atoms with Gasteiger partial charge >= 0.3 is 5.69 Å². The summed E-state index contributed by atoms with van der Waals surface area (Å²) in [7, 11) is 0. The first-order valence-corrected chi connectivity index (χ1v) is 7.11. The van der Waals surface area contributed by atoms with Crippen LogP contribution in [0, 0.1) is 5.92 Å². The van der Waals surface area contributed by atoms with Crippen LogP contribution >= 0.6 is 15.9 Å². The average molecular weight is 288 g/mol. The van der Waals surface area contributed by atoms with Crippen molar-refractivity contribution in [2.45, 2.75) is 45.7 Å². The Balaban J connectivity index is 2.22. The lowest BCUT2D eigenvalue weighted by Crippen LogP contribution is -2.29. The molecule has 1 aliphatic heterocycles. The van der Waals surface area contributed by atoms with E-state index in [-0.39, 0.29) is 5.69 Å². The summed E-state index contributed by atoms with van der Waals surface area (Å²) < 4.78 is 3.49. The van der Waals surface area contributed by atoms with E-state index in [1.807, 2.05) is 4.57 Å². The third-order valence-corrected chi connectivity index (χ3v) is 4.17. The molecule has 0 radical (unpaired) electrons. The maximum Gasteiger partial charge on any atom is 0.345 e. The summed E-state index contributed by atoms with van der Waals surface area (Å²) in [5.74, 6) is 1.47. The van der Waals surface area contributed by atoms with Crippen LogP contribution in [-0.2, 0) is 19.5 Å². The first kappa shape index (κ1) is 11.9. The van der Waals surface area contributed by atoms with Crippen molar-refractivity contribution in [1.29, 1.82) is 0 Å². The van der Waals surface area contributed by atoms with E-state index in [0.717, 1.165) is 49.9 Å². The van der Waals surface area contributed by atoms with E-state index in [0.29, 0.717) is 5.92 Å². The summed E-state index contributed by atoms with van der Waals surface area (Å²) in [6.07, 6.45) is 4.29. The molecule has 0 saturated heterocycles. The van der Waals surface area contributed by atoms with Crippen molar-refractivity contribution in [2.75, 3.05) is 5.33 Å². The normalized spacial score (nSPS) is 17.1. The molecular formula is C11H18BrN3O. The molecule has 1 atom stereocenters. The largest absolute Gasteiger partial charge is 0.345 e. The van der Waals surface area contributed by atoms with Gasteiger partial charge in [0.1, 0.15) is 5.82 Å². The van der Waals surface area contributed by atoms with Crippen LogP contribution in [0.15, 0.2) is 4.79 Å². The molecule has 5 heteroatoms. The van der Waals surface area contributed by atoms with Gasteiger partial charge in [0.05, 0.1) is 6.54 Å². The summed E-state index contributed by atoms with van der Waals surface area (Å²) in [4.78, 5) is 12.0. The molecular weight excluding hydrogens is 270 g/mol. The van der Waals surface area contributed by atoms with Crippen LogP contribution in [0.25, 0.3) is 0 Å². The number of alkyl halides is 1. The molecule has 0 N–H and O–H groups in total. The highest BCUT2D eigenvalue weighted by atomic mass is 79.9. The minimum atomic E-state index is 0.0779. The summed E-state index contributed by atoms with van der Waals surface area (Å²) in [6, 6.07) is 0. The van der Waals surface area contributed by atoms with E-state index in [9.17, 15) is 4.79 Å². The quantitative estimate of drug-likeness (QED) is 0.793. The molecule has 1 unspecified atom stereocenters. The zero-order chi connectivity index (χ0) is 11.5. The van der Waals surface area contributed by atoms with Gasteiger partial charge in [-0.25, -0.2) is 9.48 Å². The number of hydrogen-bond acceptors (Lipinski definition) is 2. The van der Waals surface area contributed by atoms with Crippen molar-refractivity contribution in [1.82, 2.24) is 14.3 Å². The molecule has 0 aliphatic carbocycles. The standard InChI is InChI=1S/C11H18BrN3O/c1-2-9(7-12)8-15-11(16)14-6-4-3-5-10(14)13-15/h9H,2-8H2,1H3. The first-order chi connectivity index (χ1) is 7.76. The number of nitrogens with zero attached hydrogens (tertiary/aromatic N) is 3. The lowest BCUT2D eigenvalue weighted by atomic mass is 10.1. The number of aryl methyl sites for hydroxylation is 1. The van der Waals surface area contributed by atoms with Crippen LogP contribution in [0.1, 0.15) is 32.0 Å². The molecule has 0 aromatic carbocycles. The van der Waals surface area contributed by atoms with Crippen molar-refractivity contribution >= 4 is 15.9 Å². The van der Waals surface area contributed by atoms with Gasteiger partial charge in [-0.3, -0.25) is 4.57 Å². The topological polar surface area (TPSA) is 39.8 Å². The Morgan fingerprint density at radius 2 is 2.31 bits per heavy atom. The van der Waals surface area contributed by atoms with Crippen LogP contribution in [0.5, 0.6) is 0 Å². The van der Waals surface area contributed by atoms with Crippen molar-refractivity contribution in [3.8, 4) is 0 Å². The highest BCUT2D eigenvalue weighted by Gasteiger charge is 2.17. The Bertz CT molecular complexity index is 406. The highest BCUT2D eigenvalue weighted by molar-refractivity contribution is 9.09. The van der Waals surface area contributed by atoms with Gasteiger partial charge in [-0.05, 0) is 18.8 Å². The van der Waals surface area contributed by atoms with E-state index < -0.39 is 0 Å². The third-order valence-electron chi connectivity index (χ3n) is 3.26. The zero-order valence-corrected chi connectivity index (χ0v) is 11.2. The van der Waals surface area contributed by atoms with E-state index in [2.05, 4.69) is 28.0 Å². The second kappa shape index (κ2) is 5.17. The number of hydrogen-bond donors (Lipinski definition) is 0. The summed E-state index contributed by atoms with van der Waals surface area (Å²) in [5.41, 5.74) is 0.0779. The summed E-state index contributed by atoms with van der Waals surface area (Å²) in [6.45, 7) is 3.73. The van der Waals surface area contributed by atoms with Gasteiger partial charge in [-0.2, -0.15) is 5.10 Å². The minimum Gasteiger partial charge on any atom is -0.279 e. The Labute approximate surface area is 104 Å². The lowest BCUT2D eigenvalue weighted by molar-refractivity contribution is 0.433. The van der Waals surface area contributed by atoms with Crippen molar-refractivity contribution < 1.29 is 0 Å². The fraction of sp³-hybridized carbons (Fsp3) is 0.818. The van der Waals surface area contributed by atoms with E-state index in [1.165, 1.54) is 0 Å². The Hall–Kier alpha value is -0.580. The second-order valence-electron chi connectivity index (χ2n) is 4.42. The highest BCUT2D eigenvalue weighted by Crippen LogP contribution is 2.12. The number of fused-ring (bicyclic) bond motifs is 1. The molecule has 0 spiro atoms. The van der Waals surface area contributed by atoms with Crippen molar-refractivity contribution in [3.05, 3.63) is 16.3 Å². The van der Waals surface area contributed by atoms with Crippen LogP contribution in [-0.4, -0.2) is 19.7 Å². The molecule has 0 fully saturated rings. The predicted molar refractivity (Wildman–Crippen MR) is 67.0 cm³/mol. The zero-order valence-electron chi connectivity index (χ0n) is 9.65. The van der Waals surface area contributed by atoms with E-state index >= 15 is 0 Å². The van der Waals surface area contributed by atoms with Gasteiger partial charge in [0, 0.05) is 18.3 Å². The predicted octanol–water partition coefficient (Wildman–Crippen LogP) is 1.80. The van der Waals surface area contributed by atoms with Crippen molar-refractivity contribution in [2.24, 2.45) is 5.92 Å². The number of halogens is 1. The molecule has 2 rings (SSSR count). The third kappa shape index (κ3) is 2.24. The summed E-state index contributed by atoms with van der Waals surface area (Å²) >= 11 is 3.48. The molecule has 0 saturated carbocycles. The van der Waals surface area contributed by atoms with Crippen LogP contribution in [0.3, 0.4) is 0 Å². The fourth-order valence-corrected chi connectivity index (χ4v) is 2.76. The van der Waals surface area contributed by atoms with Crippen LogP contribution in [0.2, 0.25) is 0 Å². The first-order valence-electron chi connectivity index (χ1n) is 5.98. The molecule has 2 heterocycles. The molecule has 0 bridgehead atoms. The molecule has 1 aliphatic rings. The van der Waals surface area contributed by atoms with Gasteiger partial charge in [-0.1, -0.05) is 29.3 Å². The van der Waals surface area contributed by atoms with E-state index in [4.69, 9.17) is 0 Å². The molecule has 0 amide bonds. The van der Waals surface area contributed by atoms with Gasteiger partial charge in [0.2, 0.25) is 0 Å². The molecule has 90 valence electrons.